The van der Waals surface area contributed by atoms with E-state index in [2.05, 4.69) is 15.4 Å². The lowest BCUT2D eigenvalue weighted by Crippen LogP contribution is -2.16. The van der Waals surface area contributed by atoms with Crippen molar-refractivity contribution in [2.75, 3.05) is 11.9 Å². The van der Waals surface area contributed by atoms with Gasteiger partial charge in [0.2, 0.25) is 5.91 Å². The lowest BCUT2D eigenvalue weighted by molar-refractivity contribution is -0.114. The first-order valence-electron chi connectivity index (χ1n) is 6.57. The van der Waals surface area contributed by atoms with Gasteiger partial charge in [0, 0.05) is 18.8 Å². The summed E-state index contributed by atoms with van der Waals surface area (Å²) < 4.78 is 1.72. The number of hydrogen-bond donors (Lipinski definition) is 2. The third kappa shape index (κ3) is 3.47. The van der Waals surface area contributed by atoms with Crippen LogP contribution in [-0.4, -0.2) is 33.6 Å². The Balaban J connectivity index is 1.98. The van der Waals surface area contributed by atoms with Gasteiger partial charge in [0.1, 0.15) is 12.3 Å². The molecular formula is C15H18N4O2. The van der Waals surface area contributed by atoms with Gasteiger partial charge in [0.25, 0.3) is 0 Å². The maximum atomic E-state index is 11.9. The van der Waals surface area contributed by atoms with E-state index in [0.717, 1.165) is 17.1 Å². The van der Waals surface area contributed by atoms with E-state index in [1.54, 1.807) is 28.9 Å². The average molecular weight is 286 g/mol. The summed E-state index contributed by atoms with van der Waals surface area (Å²) in [5.41, 5.74) is 2.97. The largest absolute Gasteiger partial charge is 0.507 e. The maximum Gasteiger partial charge on any atom is 0.246 e. The maximum absolute atomic E-state index is 11.9. The van der Waals surface area contributed by atoms with Crippen LogP contribution in [0.4, 0.5) is 5.69 Å². The van der Waals surface area contributed by atoms with Crippen LogP contribution in [0.5, 0.6) is 5.75 Å². The van der Waals surface area contributed by atoms with Gasteiger partial charge in [-0.3, -0.25) is 14.5 Å². The molecule has 0 aliphatic rings. The summed E-state index contributed by atoms with van der Waals surface area (Å²) in [5.74, 6) is -0.0820. The molecule has 0 spiro atoms. The molecule has 0 radical (unpaired) electrons. The van der Waals surface area contributed by atoms with E-state index in [4.69, 9.17) is 0 Å². The number of hydrogen-bond acceptors (Lipinski definition) is 4. The zero-order chi connectivity index (χ0) is 15.4. The molecule has 0 unspecified atom stereocenters. The van der Waals surface area contributed by atoms with Gasteiger partial charge in [0.15, 0.2) is 0 Å². The molecule has 1 aromatic carbocycles. The Kier molecular flexibility index (Phi) is 4.37. The second kappa shape index (κ2) is 6.21. The zero-order valence-corrected chi connectivity index (χ0v) is 12.3. The normalized spacial score (nSPS) is 11.0. The molecule has 0 saturated carbocycles. The van der Waals surface area contributed by atoms with Crippen molar-refractivity contribution in [2.45, 2.75) is 13.8 Å². The number of amides is 1. The first-order chi connectivity index (χ1) is 9.99. The molecule has 0 aliphatic carbocycles. The summed E-state index contributed by atoms with van der Waals surface area (Å²) in [7, 11) is 1.83. The number of aryl methyl sites for hydroxylation is 2. The Labute approximate surface area is 123 Å². The molecule has 2 N–H and O–H groups in total. The van der Waals surface area contributed by atoms with Crippen LogP contribution in [0.2, 0.25) is 0 Å². The Hall–Kier alpha value is -2.63. The van der Waals surface area contributed by atoms with Gasteiger partial charge in [-0.05, 0) is 26.0 Å². The smallest absolute Gasteiger partial charge is 0.246 e. The summed E-state index contributed by atoms with van der Waals surface area (Å²) >= 11 is 0. The summed E-state index contributed by atoms with van der Waals surface area (Å²) in [4.78, 5) is 15.9. The Morgan fingerprint density at radius 3 is 2.76 bits per heavy atom. The third-order valence-electron chi connectivity index (χ3n) is 3.18. The molecule has 6 nitrogen and oxygen atoms in total. The number of aromatic nitrogens is 2. The Morgan fingerprint density at radius 2 is 2.14 bits per heavy atom. The van der Waals surface area contributed by atoms with E-state index < -0.39 is 0 Å². The van der Waals surface area contributed by atoms with Crippen LogP contribution >= 0.6 is 0 Å². The van der Waals surface area contributed by atoms with Gasteiger partial charge in [-0.15, -0.1) is 0 Å². The highest BCUT2D eigenvalue weighted by molar-refractivity contribution is 5.95. The van der Waals surface area contributed by atoms with E-state index in [0.29, 0.717) is 5.56 Å². The number of aliphatic imine (C=N–C) groups is 1. The molecule has 1 amide bonds. The predicted octanol–water partition coefficient (Wildman–Crippen LogP) is 1.80. The van der Waals surface area contributed by atoms with Crippen molar-refractivity contribution in [3.63, 3.8) is 0 Å². The number of phenols is 1. The van der Waals surface area contributed by atoms with Crippen molar-refractivity contribution in [1.29, 1.82) is 0 Å². The van der Waals surface area contributed by atoms with Gasteiger partial charge >= 0.3 is 0 Å². The molecular weight excluding hydrogens is 268 g/mol. The summed E-state index contributed by atoms with van der Waals surface area (Å²) in [6.07, 6.45) is 1.48. The molecule has 2 rings (SSSR count). The van der Waals surface area contributed by atoms with Crippen LogP contribution in [-0.2, 0) is 11.8 Å². The van der Waals surface area contributed by atoms with Crippen LogP contribution < -0.4 is 5.32 Å². The summed E-state index contributed by atoms with van der Waals surface area (Å²) in [6.45, 7) is 3.72. The van der Waals surface area contributed by atoms with Gasteiger partial charge in [0.05, 0.1) is 17.1 Å². The third-order valence-corrected chi connectivity index (χ3v) is 3.18. The molecule has 1 aromatic heterocycles. The minimum Gasteiger partial charge on any atom is -0.507 e. The molecule has 0 bridgehead atoms. The number of carbonyl (C=O) groups is 1. The number of anilines is 1. The Bertz CT molecular complexity index is 689. The number of aromatic hydroxyl groups is 1. The van der Waals surface area contributed by atoms with Crippen molar-refractivity contribution in [3.05, 3.63) is 41.2 Å². The van der Waals surface area contributed by atoms with Gasteiger partial charge in [-0.2, -0.15) is 5.10 Å². The van der Waals surface area contributed by atoms with Crippen molar-refractivity contribution >= 4 is 17.8 Å². The number of carbonyl (C=O) groups excluding carboxylic acids is 1. The van der Waals surface area contributed by atoms with E-state index >= 15 is 0 Å². The number of benzene rings is 1. The van der Waals surface area contributed by atoms with Crippen LogP contribution in [0.3, 0.4) is 0 Å². The van der Waals surface area contributed by atoms with Crippen LogP contribution in [0, 0.1) is 13.8 Å². The van der Waals surface area contributed by atoms with Gasteiger partial charge in [-0.1, -0.05) is 12.1 Å². The quantitative estimate of drug-likeness (QED) is 0.841. The molecule has 110 valence electrons. The number of rotatable bonds is 4. The minimum absolute atomic E-state index is 0.0118. The number of phenolic OH excluding ortho intramolecular Hbond substituents is 1. The fraction of sp³-hybridized carbons (Fsp3) is 0.267. The molecule has 0 aliphatic heterocycles. The molecule has 0 fully saturated rings. The molecule has 0 atom stereocenters. The van der Waals surface area contributed by atoms with Crippen molar-refractivity contribution in [3.8, 4) is 5.75 Å². The van der Waals surface area contributed by atoms with Gasteiger partial charge in [-0.25, -0.2) is 0 Å². The average Bonchev–Trinajstić information content (AvgIpc) is 2.68. The van der Waals surface area contributed by atoms with Crippen molar-refractivity contribution in [2.24, 2.45) is 12.0 Å². The first-order valence-corrected chi connectivity index (χ1v) is 6.57. The van der Waals surface area contributed by atoms with Crippen LogP contribution in [0.15, 0.2) is 29.3 Å². The lowest BCUT2D eigenvalue weighted by Gasteiger charge is -2.03. The van der Waals surface area contributed by atoms with Crippen LogP contribution in [0.25, 0.3) is 0 Å². The van der Waals surface area contributed by atoms with E-state index in [1.165, 1.54) is 6.21 Å². The lowest BCUT2D eigenvalue weighted by atomic mass is 10.2. The standard InChI is InChI=1S/C15H18N4O2/c1-10-15(11(2)19(3)18-10)17-14(21)9-16-8-12-6-4-5-7-13(12)20/h4-8,20H,9H2,1-3H3,(H,17,21). The minimum atomic E-state index is -0.221. The second-order valence-electron chi connectivity index (χ2n) is 4.75. The highest BCUT2D eigenvalue weighted by atomic mass is 16.3. The molecule has 2 aromatic rings. The number of para-hydroxylation sites is 1. The fourth-order valence-corrected chi connectivity index (χ4v) is 1.96. The molecule has 0 saturated heterocycles. The highest BCUT2D eigenvalue weighted by Gasteiger charge is 2.11. The zero-order valence-electron chi connectivity index (χ0n) is 12.3. The topological polar surface area (TPSA) is 79.5 Å². The van der Waals surface area contributed by atoms with E-state index in [-0.39, 0.29) is 18.2 Å². The molecule has 1 heterocycles. The van der Waals surface area contributed by atoms with E-state index in [9.17, 15) is 9.90 Å². The first kappa shape index (κ1) is 14.8. The summed E-state index contributed by atoms with van der Waals surface area (Å²) in [5, 5.41) is 16.6. The number of nitrogens with one attached hydrogen (secondary N) is 1. The highest BCUT2D eigenvalue weighted by Crippen LogP contribution is 2.18. The monoisotopic (exact) mass is 286 g/mol. The summed E-state index contributed by atoms with van der Waals surface area (Å²) in [6, 6.07) is 6.83. The van der Waals surface area contributed by atoms with Crippen LogP contribution in [0.1, 0.15) is 17.0 Å². The number of nitrogens with zero attached hydrogens (tertiary/aromatic N) is 3. The molecule has 21 heavy (non-hydrogen) atoms. The molecule has 6 heteroatoms. The SMILES string of the molecule is Cc1nn(C)c(C)c1NC(=O)CN=Cc1ccccc1O. The van der Waals surface area contributed by atoms with E-state index in [1.807, 2.05) is 20.9 Å². The van der Waals surface area contributed by atoms with Gasteiger partial charge < -0.3 is 10.4 Å². The van der Waals surface area contributed by atoms with Crippen molar-refractivity contribution < 1.29 is 9.90 Å². The second-order valence-corrected chi connectivity index (χ2v) is 4.75. The Morgan fingerprint density at radius 1 is 1.43 bits per heavy atom. The van der Waals surface area contributed by atoms with Crippen molar-refractivity contribution in [1.82, 2.24) is 9.78 Å². The fourth-order valence-electron chi connectivity index (χ4n) is 1.96. The predicted molar refractivity (Wildman–Crippen MR) is 81.9 cm³/mol.